The second-order valence-corrected chi connectivity index (χ2v) is 6.86. The molecule has 6 nitrogen and oxygen atoms in total. The second kappa shape index (κ2) is 5.16. The van der Waals surface area contributed by atoms with Crippen LogP contribution in [0.2, 0.25) is 0 Å². The monoisotopic (exact) mass is 283 g/mol. The summed E-state index contributed by atoms with van der Waals surface area (Å²) in [6.45, 7) is 0. The predicted octanol–water partition coefficient (Wildman–Crippen LogP) is 0.382. The van der Waals surface area contributed by atoms with Gasteiger partial charge < -0.3 is 10.2 Å². The maximum atomic E-state index is 12.3. The van der Waals surface area contributed by atoms with E-state index in [-0.39, 0.29) is 23.5 Å². The minimum absolute atomic E-state index is 0.0426. The topological polar surface area (TPSA) is 79.4 Å². The summed E-state index contributed by atoms with van der Waals surface area (Å²) in [5.41, 5.74) is 0.318. The smallest absolute Gasteiger partial charge is 0.272 e. The van der Waals surface area contributed by atoms with Crippen LogP contribution in [-0.4, -0.2) is 55.9 Å². The molecule has 0 saturated carbocycles. The predicted molar refractivity (Wildman–Crippen MR) is 72.9 cm³/mol. The van der Waals surface area contributed by atoms with Crippen molar-refractivity contribution in [2.24, 2.45) is 0 Å². The van der Waals surface area contributed by atoms with Gasteiger partial charge in [0.05, 0.1) is 11.5 Å². The zero-order chi connectivity index (χ0) is 14.0. The number of carbonyl (C=O) groups excluding carboxylic acids is 1. The highest BCUT2D eigenvalue weighted by molar-refractivity contribution is 7.91. The standard InChI is InChI=1S/C12H17N3O3S/c1-13-11-5-3-4-10(14-11)12(16)15(2)9-6-7-19(17,18)8-9/h3-5,9H,6-8H2,1-2H3,(H,13,14). The van der Waals surface area contributed by atoms with E-state index < -0.39 is 9.84 Å². The molecule has 1 aliphatic rings. The van der Waals surface area contributed by atoms with Crippen molar-refractivity contribution >= 4 is 21.6 Å². The van der Waals surface area contributed by atoms with E-state index in [0.29, 0.717) is 17.9 Å². The van der Waals surface area contributed by atoms with E-state index in [4.69, 9.17) is 0 Å². The molecule has 7 heteroatoms. The van der Waals surface area contributed by atoms with Gasteiger partial charge in [0.25, 0.3) is 5.91 Å². The van der Waals surface area contributed by atoms with Crippen molar-refractivity contribution in [2.75, 3.05) is 30.9 Å². The van der Waals surface area contributed by atoms with Crippen LogP contribution in [0, 0.1) is 0 Å². The quantitative estimate of drug-likeness (QED) is 0.867. The molecule has 0 bridgehead atoms. The molecule has 104 valence electrons. The molecule has 0 spiro atoms. The maximum Gasteiger partial charge on any atom is 0.272 e. The van der Waals surface area contributed by atoms with Gasteiger partial charge in [-0.1, -0.05) is 6.07 Å². The fourth-order valence-electron chi connectivity index (χ4n) is 2.12. The van der Waals surface area contributed by atoms with E-state index in [1.54, 1.807) is 32.3 Å². The number of anilines is 1. The lowest BCUT2D eigenvalue weighted by Gasteiger charge is -2.23. The molecule has 0 aliphatic carbocycles. The van der Waals surface area contributed by atoms with Crippen molar-refractivity contribution in [3.63, 3.8) is 0 Å². The average Bonchev–Trinajstić information content (AvgIpc) is 2.77. The summed E-state index contributed by atoms with van der Waals surface area (Å²) in [7, 11) is 0.357. The first-order valence-corrected chi connectivity index (χ1v) is 7.87. The summed E-state index contributed by atoms with van der Waals surface area (Å²) in [6.07, 6.45) is 0.496. The molecule has 1 N–H and O–H groups in total. The zero-order valence-corrected chi connectivity index (χ0v) is 11.8. The fourth-order valence-corrected chi connectivity index (χ4v) is 3.89. The van der Waals surface area contributed by atoms with Crippen molar-refractivity contribution < 1.29 is 13.2 Å². The lowest BCUT2D eigenvalue weighted by molar-refractivity contribution is 0.0742. The third-order valence-electron chi connectivity index (χ3n) is 3.30. The highest BCUT2D eigenvalue weighted by atomic mass is 32.2. The second-order valence-electron chi connectivity index (χ2n) is 4.63. The number of aromatic nitrogens is 1. The van der Waals surface area contributed by atoms with Crippen LogP contribution in [0.4, 0.5) is 5.82 Å². The van der Waals surface area contributed by atoms with E-state index in [1.165, 1.54) is 4.90 Å². The molecule has 0 radical (unpaired) electrons. The Morgan fingerprint density at radius 2 is 2.21 bits per heavy atom. The summed E-state index contributed by atoms with van der Waals surface area (Å²) in [5, 5.41) is 2.87. The summed E-state index contributed by atoms with van der Waals surface area (Å²) in [5.74, 6) is 0.553. The fraction of sp³-hybridized carbons (Fsp3) is 0.500. The average molecular weight is 283 g/mol. The number of sulfone groups is 1. The molecule has 19 heavy (non-hydrogen) atoms. The number of pyridine rings is 1. The van der Waals surface area contributed by atoms with Gasteiger partial charge in [-0.3, -0.25) is 4.79 Å². The summed E-state index contributed by atoms with van der Waals surface area (Å²) >= 11 is 0. The van der Waals surface area contributed by atoms with E-state index in [9.17, 15) is 13.2 Å². The van der Waals surface area contributed by atoms with E-state index in [1.807, 2.05) is 0 Å². The van der Waals surface area contributed by atoms with Gasteiger partial charge in [-0.15, -0.1) is 0 Å². The Labute approximate surface area is 112 Å². The van der Waals surface area contributed by atoms with Crippen LogP contribution in [0.1, 0.15) is 16.9 Å². The maximum absolute atomic E-state index is 12.3. The Bertz CT molecular complexity index is 586. The molecule has 2 heterocycles. The molecule has 1 atom stereocenters. The molecule has 1 saturated heterocycles. The Balaban J connectivity index is 2.15. The number of nitrogens with one attached hydrogen (secondary N) is 1. The Hall–Kier alpha value is -1.63. The number of hydrogen-bond acceptors (Lipinski definition) is 5. The van der Waals surface area contributed by atoms with Crippen LogP contribution < -0.4 is 5.32 Å². The number of amides is 1. The van der Waals surface area contributed by atoms with Crippen LogP contribution in [0.25, 0.3) is 0 Å². The molecule has 0 aromatic carbocycles. The highest BCUT2D eigenvalue weighted by Gasteiger charge is 2.33. The normalized spacial score (nSPS) is 21.1. The van der Waals surface area contributed by atoms with Crippen molar-refractivity contribution in [2.45, 2.75) is 12.5 Å². The molecule has 1 amide bonds. The van der Waals surface area contributed by atoms with E-state index in [2.05, 4.69) is 10.3 Å². The van der Waals surface area contributed by atoms with Crippen LogP contribution in [0.5, 0.6) is 0 Å². The van der Waals surface area contributed by atoms with Crippen molar-refractivity contribution in [1.29, 1.82) is 0 Å². The van der Waals surface area contributed by atoms with Gasteiger partial charge in [-0.2, -0.15) is 0 Å². The van der Waals surface area contributed by atoms with Gasteiger partial charge in [0.1, 0.15) is 11.5 Å². The van der Waals surface area contributed by atoms with E-state index >= 15 is 0 Å². The van der Waals surface area contributed by atoms with Crippen molar-refractivity contribution in [3.05, 3.63) is 23.9 Å². The van der Waals surface area contributed by atoms with Gasteiger partial charge in [0.15, 0.2) is 9.84 Å². The van der Waals surface area contributed by atoms with Crippen LogP contribution in [0.3, 0.4) is 0 Å². The first-order valence-electron chi connectivity index (χ1n) is 6.05. The van der Waals surface area contributed by atoms with Gasteiger partial charge >= 0.3 is 0 Å². The molecule has 1 aromatic heterocycles. The largest absolute Gasteiger partial charge is 0.373 e. The molecule has 2 rings (SSSR count). The van der Waals surface area contributed by atoms with Gasteiger partial charge in [-0.25, -0.2) is 13.4 Å². The Morgan fingerprint density at radius 1 is 1.47 bits per heavy atom. The summed E-state index contributed by atoms with van der Waals surface area (Å²) < 4.78 is 22.9. The number of hydrogen-bond donors (Lipinski definition) is 1. The summed E-state index contributed by atoms with van der Waals surface area (Å²) in [4.78, 5) is 17.9. The molecular weight excluding hydrogens is 266 g/mol. The first kappa shape index (κ1) is 13.8. The van der Waals surface area contributed by atoms with Gasteiger partial charge in [0, 0.05) is 20.1 Å². The third-order valence-corrected chi connectivity index (χ3v) is 5.05. The number of rotatable bonds is 3. The SMILES string of the molecule is CNc1cccc(C(=O)N(C)C2CCS(=O)(=O)C2)n1. The molecule has 1 unspecified atom stereocenters. The minimum atomic E-state index is -3.00. The lowest BCUT2D eigenvalue weighted by Crippen LogP contribution is -2.38. The minimum Gasteiger partial charge on any atom is -0.373 e. The Kier molecular flexibility index (Phi) is 3.75. The van der Waals surface area contributed by atoms with E-state index in [0.717, 1.165) is 0 Å². The van der Waals surface area contributed by atoms with Crippen molar-refractivity contribution in [1.82, 2.24) is 9.88 Å². The number of nitrogens with zero attached hydrogens (tertiary/aromatic N) is 2. The Morgan fingerprint density at radius 3 is 2.79 bits per heavy atom. The zero-order valence-electron chi connectivity index (χ0n) is 11.0. The third kappa shape index (κ3) is 3.04. The lowest BCUT2D eigenvalue weighted by atomic mass is 10.2. The van der Waals surface area contributed by atoms with Crippen LogP contribution >= 0.6 is 0 Å². The van der Waals surface area contributed by atoms with Crippen LogP contribution in [-0.2, 0) is 9.84 Å². The number of carbonyl (C=O) groups is 1. The first-order chi connectivity index (χ1) is 8.93. The molecular formula is C12H17N3O3S. The highest BCUT2D eigenvalue weighted by Crippen LogP contribution is 2.18. The molecule has 1 aliphatic heterocycles. The molecule has 1 fully saturated rings. The van der Waals surface area contributed by atoms with Crippen molar-refractivity contribution in [3.8, 4) is 0 Å². The van der Waals surface area contributed by atoms with Gasteiger partial charge in [-0.05, 0) is 18.6 Å². The van der Waals surface area contributed by atoms with Gasteiger partial charge in [0.2, 0.25) is 0 Å². The molecule has 1 aromatic rings. The van der Waals surface area contributed by atoms with Crippen LogP contribution in [0.15, 0.2) is 18.2 Å². The summed E-state index contributed by atoms with van der Waals surface area (Å²) in [6, 6.07) is 4.88.